The maximum absolute atomic E-state index is 12.1. The Labute approximate surface area is 141 Å². The van der Waals surface area contributed by atoms with Crippen LogP contribution in [0.15, 0.2) is 30.6 Å². The van der Waals surface area contributed by atoms with Crippen molar-refractivity contribution in [2.75, 3.05) is 36.0 Å². The van der Waals surface area contributed by atoms with Crippen LogP contribution >= 0.6 is 0 Å². The number of anilines is 2. The number of rotatable bonds is 2. The summed E-state index contributed by atoms with van der Waals surface area (Å²) in [5.74, 6) is 2.31. The molecule has 3 heterocycles. The van der Waals surface area contributed by atoms with Crippen LogP contribution < -0.4 is 9.80 Å². The maximum atomic E-state index is 12.1. The van der Waals surface area contributed by atoms with Gasteiger partial charge < -0.3 is 9.80 Å². The third-order valence-electron chi connectivity index (χ3n) is 4.77. The predicted molar refractivity (Wildman–Crippen MR) is 92.5 cm³/mol. The van der Waals surface area contributed by atoms with E-state index in [1.165, 1.54) is 0 Å². The summed E-state index contributed by atoms with van der Waals surface area (Å²) in [6.45, 7) is 5.62. The normalized spacial score (nSPS) is 20.9. The van der Waals surface area contributed by atoms with Gasteiger partial charge in [0.15, 0.2) is 5.78 Å². The molecule has 4 rings (SSSR count). The van der Waals surface area contributed by atoms with Crippen LogP contribution in [-0.4, -0.2) is 46.9 Å². The fourth-order valence-electron chi connectivity index (χ4n) is 3.45. The second-order valence-corrected chi connectivity index (χ2v) is 6.63. The maximum Gasteiger partial charge on any atom is 0.225 e. The van der Waals surface area contributed by atoms with Crippen molar-refractivity contribution < 1.29 is 4.79 Å². The molecular formula is C18H21N5O. The minimum atomic E-state index is 0.176. The Bertz CT molecular complexity index is 740. The topological polar surface area (TPSA) is 62.2 Å². The summed E-state index contributed by atoms with van der Waals surface area (Å²) >= 11 is 0. The van der Waals surface area contributed by atoms with Crippen LogP contribution in [0.4, 0.5) is 11.8 Å². The van der Waals surface area contributed by atoms with Crippen molar-refractivity contribution in [1.82, 2.24) is 15.0 Å². The largest absolute Gasteiger partial charge is 0.353 e. The van der Waals surface area contributed by atoms with Gasteiger partial charge in [-0.15, -0.1) is 0 Å². The van der Waals surface area contributed by atoms with E-state index in [0.717, 1.165) is 50.1 Å². The lowest BCUT2D eigenvalue weighted by atomic mass is 9.88. The standard InChI is InChI=1S/C18H21N5O/c1-13-10-15-14(16(24)11-13)12-20-18(21-15)23-8-6-22(7-9-23)17-4-2-3-5-19-17/h2-5,12-13H,6-11H2,1H3. The molecule has 1 aliphatic heterocycles. The van der Waals surface area contributed by atoms with Gasteiger partial charge in [0.1, 0.15) is 5.82 Å². The first-order valence-corrected chi connectivity index (χ1v) is 8.51. The number of piperazine rings is 1. The van der Waals surface area contributed by atoms with Gasteiger partial charge in [0.2, 0.25) is 5.95 Å². The molecule has 0 saturated carbocycles. The van der Waals surface area contributed by atoms with Gasteiger partial charge in [0, 0.05) is 45.0 Å². The van der Waals surface area contributed by atoms with Crippen molar-refractivity contribution in [2.24, 2.45) is 5.92 Å². The fourth-order valence-corrected chi connectivity index (χ4v) is 3.45. The number of carbonyl (C=O) groups excluding carboxylic acids is 1. The third-order valence-corrected chi connectivity index (χ3v) is 4.77. The number of nitrogens with zero attached hydrogens (tertiary/aromatic N) is 5. The minimum Gasteiger partial charge on any atom is -0.353 e. The van der Waals surface area contributed by atoms with Crippen LogP contribution in [-0.2, 0) is 6.42 Å². The van der Waals surface area contributed by atoms with Crippen molar-refractivity contribution >= 4 is 17.5 Å². The molecule has 0 spiro atoms. The van der Waals surface area contributed by atoms with Crippen LogP contribution in [0.25, 0.3) is 0 Å². The molecule has 2 aromatic heterocycles. The van der Waals surface area contributed by atoms with E-state index in [1.807, 2.05) is 24.4 Å². The molecule has 24 heavy (non-hydrogen) atoms. The SMILES string of the molecule is CC1CC(=O)c2cnc(N3CCN(c4ccccn4)CC3)nc2C1. The molecule has 0 N–H and O–H groups in total. The molecule has 2 aromatic rings. The average molecular weight is 323 g/mol. The Morgan fingerprint density at radius 3 is 2.58 bits per heavy atom. The number of hydrogen-bond acceptors (Lipinski definition) is 6. The van der Waals surface area contributed by atoms with Crippen LogP contribution in [0.2, 0.25) is 0 Å². The lowest BCUT2D eigenvalue weighted by molar-refractivity contribution is 0.0951. The third kappa shape index (κ3) is 2.84. The minimum absolute atomic E-state index is 0.176. The molecule has 0 bridgehead atoms. The molecule has 1 atom stereocenters. The molecule has 6 heteroatoms. The molecule has 1 saturated heterocycles. The summed E-state index contributed by atoms with van der Waals surface area (Å²) in [5, 5.41) is 0. The Morgan fingerprint density at radius 1 is 1.04 bits per heavy atom. The molecule has 6 nitrogen and oxygen atoms in total. The van der Waals surface area contributed by atoms with E-state index in [-0.39, 0.29) is 5.78 Å². The van der Waals surface area contributed by atoms with Gasteiger partial charge in [-0.25, -0.2) is 15.0 Å². The highest BCUT2D eigenvalue weighted by Crippen LogP contribution is 2.25. The van der Waals surface area contributed by atoms with Gasteiger partial charge in [-0.05, 0) is 24.5 Å². The van der Waals surface area contributed by atoms with E-state index < -0.39 is 0 Å². The van der Waals surface area contributed by atoms with E-state index >= 15 is 0 Å². The van der Waals surface area contributed by atoms with E-state index in [2.05, 4.69) is 26.7 Å². The van der Waals surface area contributed by atoms with Gasteiger partial charge >= 0.3 is 0 Å². The summed E-state index contributed by atoms with van der Waals surface area (Å²) in [4.78, 5) is 30.1. The van der Waals surface area contributed by atoms with Gasteiger partial charge in [0.05, 0.1) is 11.3 Å². The summed E-state index contributed by atoms with van der Waals surface area (Å²) in [5.41, 5.74) is 1.62. The van der Waals surface area contributed by atoms with Crippen molar-refractivity contribution in [3.63, 3.8) is 0 Å². The average Bonchev–Trinajstić information content (AvgIpc) is 2.62. The van der Waals surface area contributed by atoms with Gasteiger partial charge in [0.25, 0.3) is 0 Å². The monoisotopic (exact) mass is 323 g/mol. The first-order chi connectivity index (χ1) is 11.7. The van der Waals surface area contributed by atoms with E-state index in [1.54, 1.807) is 6.20 Å². The molecule has 1 aliphatic carbocycles. The number of Topliss-reactive ketones (excluding diaryl/α,β-unsaturated/α-hetero) is 1. The van der Waals surface area contributed by atoms with Gasteiger partial charge in [-0.2, -0.15) is 0 Å². The molecule has 0 radical (unpaired) electrons. The Morgan fingerprint density at radius 2 is 1.83 bits per heavy atom. The molecule has 1 unspecified atom stereocenters. The van der Waals surface area contributed by atoms with Crippen molar-refractivity contribution in [2.45, 2.75) is 19.8 Å². The van der Waals surface area contributed by atoms with E-state index in [9.17, 15) is 4.79 Å². The zero-order valence-electron chi connectivity index (χ0n) is 13.9. The number of aromatic nitrogens is 3. The zero-order valence-corrected chi connectivity index (χ0v) is 13.9. The lowest BCUT2D eigenvalue weighted by Gasteiger charge is -2.35. The van der Waals surface area contributed by atoms with Crippen LogP contribution in [0.5, 0.6) is 0 Å². The fraction of sp³-hybridized carbons (Fsp3) is 0.444. The first kappa shape index (κ1) is 15.1. The molecular weight excluding hydrogens is 302 g/mol. The number of hydrogen-bond donors (Lipinski definition) is 0. The van der Waals surface area contributed by atoms with E-state index in [4.69, 9.17) is 4.98 Å². The number of fused-ring (bicyclic) bond motifs is 1. The molecule has 2 aliphatic rings. The van der Waals surface area contributed by atoms with Crippen molar-refractivity contribution in [1.29, 1.82) is 0 Å². The van der Waals surface area contributed by atoms with Crippen LogP contribution in [0, 0.1) is 5.92 Å². The highest BCUT2D eigenvalue weighted by atomic mass is 16.1. The summed E-state index contributed by atoms with van der Waals surface area (Å²) in [6.07, 6.45) is 5.02. The predicted octanol–water partition coefficient (Wildman–Crippen LogP) is 1.96. The molecule has 124 valence electrons. The Balaban J connectivity index is 1.48. The van der Waals surface area contributed by atoms with E-state index in [0.29, 0.717) is 17.9 Å². The molecule has 0 aromatic carbocycles. The number of carbonyl (C=O) groups is 1. The zero-order chi connectivity index (χ0) is 16.5. The second kappa shape index (κ2) is 6.19. The van der Waals surface area contributed by atoms with Gasteiger partial charge in [-0.1, -0.05) is 13.0 Å². The van der Waals surface area contributed by atoms with Crippen LogP contribution in [0.3, 0.4) is 0 Å². The lowest BCUT2D eigenvalue weighted by Crippen LogP contribution is -2.47. The summed E-state index contributed by atoms with van der Waals surface area (Å²) < 4.78 is 0. The number of pyridine rings is 1. The van der Waals surface area contributed by atoms with Crippen molar-refractivity contribution in [3.8, 4) is 0 Å². The Kier molecular flexibility index (Phi) is 3.88. The Hall–Kier alpha value is -2.50. The first-order valence-electron chi connectivity index (χ1n) is 8.51. The van der Waals surface area contributed by atoms with Crippen LogP contribution in [0.1, 0.15) is 29.4 Å². The molecule has 1 fully saturated rings. The highest BCUT2D eigenvalue weighted by Gasteiger charge is 2.26. The molecule has 0 amide bonds. The number of ketones is 1. The smallest absolute Gasteiger partial charge is 0.225 e. The second-order valence-electron chi connectivity index (χ2n) is 6.63. The summed E-state index contributed by atoms with van der Waals surface area (Å²) in [6, 6.07) is 5.99. The highest BCUT2D eigenvalue weighted by molar-refractivity contribution is 5.98. The van der Waals surface area contributed by atoms with Gasteiger partial charge in [-0.3, -0.25) is 4.79 Å². The van der Waals surface area contributed by atoms with Crippen molar-refractivity contribution in [3.05, 3.63) is 41.9 Å². The quantitative estimate of drug-likeness (QED) is 0.842. The summed E-state index contributed by atoms with van der Waals surface area (Å²) in [7, 11) is 0.